The highest BCUT2D eigenvalue weighted by Crippen LogP contribution is 2.26. The first kappa shape index (κ1) is 12.8. The van der Waals surface area contributed by atoms with E-state index >= 15 is 0 Å². The highest BCUT2D eigenvalue weighted by atomic mass is 79.9. The Balaban J connectivity index is 2.55. The highest BCUT2D eigenvalue weighted by molar-refractivity contribution is 9.10. The molecule has 0 aliphatic heterocycles. The molecule has 4 nitrogen and oxygen atoms in total. The van der Waals surface area contributed by atoms with Gasteiger partial charge in [0.25, 0.3) is 0 Å². The molecule has 0 fully saturated rings. The first-order valence-corrected chi connectivity index (χ1v) is 6.03. The fraction of sp³-hybridized carbons (Fsp3) is 0.167. The number of hydrogen-bond acceptors (Lipinski definition) is 2. The number of benzene rings is 1. The Bertz CT molecular complexity index is 583. The van der Waals surface area contributed by atoms with Crippen molar-refractivity contribution in [2.24, 2.45) is 0 Å². The summed E-state index contributed by atoms with van der Waals surface area (Å²) < 4.78 is 14.9. The van der Waals surface area contributed by atoms with Crippen molar-refractivity contribution in [3.63, 3.8) is 0 Å². The summed E-state index contributed by atoms with van der Waals surface area (Å²) in [6.07, 6.45) is 0. The summed E-state index contributed by atoms with van der Waals surface area (Å²) >= 11 is 3.08. The molecular weight excluding hydrogens is 303 g/mol. The molecule has 1 aromatic carbocycles. The van der Waals surface area contributed by atoms with E-state index in [2.05, 4.69) is 20.9 Å². The predicted octanol–water partition coefficient (Wildman–Crippen LogP) is 3.09. The Morgan fingerprint density at radius 1 is 1.44 bits per heavy atom. The van der Waals surface area contributed by atoms with Gasteiger partial charge in [-0.15, -0.1) is 0 Å². The number of halogens is 2. The average Bonchev–Trinajstić information content (AvgIpc) is 2.64. The zero-order valence-corrected chi connectivity index (χ0v) is 11.1. The van der Waals surface area contributed by atoms with E-state index in [0.717, 1.165) is 5.56 Å². The largest absolute Gasteiger partial charge is 0.476 e. The van der Waals surface area contributed by atoms with Gasteiger partial charge in [0.05, 0.1) is 6.04 Å². The van der Waals surface area contributed by atoms with Gasteiger partial charge in [0, 0.05) is 0 Å². The first-order chi connectivity index (χ1) is 8.52. The molecular formula is C12H10BrFN2O2. The van der Waals surface area contributed by atoms with Crippen molar-refractivity contribution >= 4 is 21.9 Å². The van der Waals surface area contributed by atoms with Crippen molar-refractivity contribution in [2.75, 3.05) is 0 Å². The number of carboxylic acid groups (broad SMARTS) is 1. The zero-order chi connectivity index (χ0) is 13.3. The number of rotatable bonds is 3. The zero-order valence-electron chi connectivity index (χ0n) is 9.47. The molecule has 18 heavy (non-hydrogen) atoms. The first-order valence-electron chi connectivity index (χ1n) is 5.24. The maximum absolute atomic E-state index is 13.5. The minimum atomic E-state index is -1.34. The number of imidazole rings is 1. The third-order valence-corrected chi connectivity index (χ3v) is 3.26. The van der Waals surface area contributed by atoms with Crippen LogP contribution in [0.3, 0.4) is 0 Å². The number of carbonyl (C=O) groups is 1. The normalized spacial score (nSPS) is 12.4. The molecule has 0 unspecified atom stereocenters. The van der Waals surface area contributed by atoms with Gasteiger partial charge in [-0.25, -0.2) is 4.79 Å². The molecule has 0 bridgehead atoms. The molecule has 6 heteroatoms. The van der Waals surface area contributed by atoms with Gasteiger partial charge in [0.2, 0.25) is 5.95 Å². The van der Waals surface area contributed by atoms with Gasteiger partial charge in [0.15, 0.2) is 10.4 Å². The van der Waals surface area contributed by atoms with Gasteiger partial charge < -0.3 is 9.67 Å². The fourth-order valence-electron chi connectivity index (χ4n) is 1.80. The SMILES string of the molecule is C[C@H](c1ccccc1)n1c(Br)nc(F)c1C(=O)O. The minimum Gasteiger partial charge on any atom is -0.476 e. The molecule has 0 saturated heterocycles. The summed E-state index contributed by atoms with van der Waals surface area (Å²) in [5.74, 6) is -2.33. The molecule has 1 atom stereocenters. The highest BCUT2D eigenvalue weighted by Gasteiger charge is 2.25. The van der Waals surface area contributed by atoms with Crippen molar-refractivity contribution < 1.29 is 14.3 Å². The van der Waals surface area contributed by atoms with Crippen LogP contribution in [0.2, 0.25) is 0 Å². The van der Waals surface area contributed by atoms with Crippen LogP contribution >= 0.6 is 15.9 Å². The van der Waals surface area contributed by atoms with Gasteiger partial charge in [-0.05, 0) is 28.4 Å². The second kappa shape index (κ2) is 4.89. The van der Waals surface area contributed by atoms with Crippen molar-refractivity contribution in [2.45, 2.75) is 13.0 Å². The predicted molar refractivity (Wildman–Crippen MR) is 67.1 cm³/mol. The Labute approximate surface area is 111 Å². The molecule has 0 radical (unpaired) electrons. The second-order valence-corrected chi connectivity index (χ2v) is 4.49. The maximum Gasteiger partial charge on any atom is 0.357 e. The lowest BCUT2D eigenvalue weighted by atomic mass is 10.1. The van der Waals surface area contributed by atoms with Crippen LogP contribution in [0.5, 0.6) is 0 Å². The molecule has 94 valence electrons. The van der Waals surface area contributed by atoms with E-state index in [1.54, 1.807) is 6.92 Å². The molecule has 0 saturated carbocycles. The van der Waals surface area contributed by atoms with Gasteiger partial charge in [0.1, 0.15) is 0 Å². The third kappa shape index (κ3) is 2.15. The summed E-state index contributed by atoms with van der Waals surface area (Å²) in [6.45, 7) is 1.79. The van der Waals surface area contributed by atoms with Gasteiger partial charge in [-0.1, -0.05) is 30.3 Å². The molecule has 1 aromatic heterocycles. The summed E-state index contributed by atoms with van der Waals surface area (Å²) in [6, 6.07) is 8.91. The van der Waals surface area contributed by atoms with Crippen LogP contribution in [-0.4, -0.2) is 20.6 Å². The number of hydrogen-bond donors (Lipinski definition) is 1. The monoisotopic (exact) mass is 312 g/mol. The van der Waals surface area contributed by atoms with Crippen LogP contribution < -0.4 is 0 Å². The molecule has 0 spiro atoms. The Hall–Kier alpha value is -1.69. The van der Waals surface area contributed by atoms with E-state index in [0.29, 0.717) is 0 Å². The molecule has 0 aliphatic carbocycles. The van der Waals surface area contributed by atoms with Crippen molar-refractivity contribution in [3.05, 3.63) is 52.3 Å². The van der Waals surface area contributed by atoms with Crippen molar-refractivity contribution in [3.8, 4) is 0 Å². The topological polar surface area (TPSA) is 55.1 Å². The lowest BCUT2D eigenvalue weighted by Gasteiger charge is -2.16. The van der Waals surface area contributed by atoms with E-state index in [1.165, 1.54) is 4.57 Å². The smallest absolute Gasteiger partial charge is 0.357 e. The average molecular weight is 313 g/mol. The summed E-state index contributed by atoms with van der Waals surface area (Å²) in [4.78, 5) is 14.6. The van der Waals surface area contributed by atoms with Crippen LogP contribution in [0.25, 0.3) is 0 Å². The molecule has 2 aromatic rings. The summed E-state index contributed by atoms with van der Waals surface area (Å²) in [5.41, 5.74) is 0.427. The molecule has 1 N–H and O–H groups in total. The molecule has 1 heterocycles. The number of aromatic nitrogens is 2. The number of aromatic carboxylic acids is 1. The van der Waals surface area contributed by atoms with Crippen LogP contribution in [0.1, 0.15) is 29.0 Å². The maximum atomic E-state index is 13.5. The summed E-state index contributed by atoms with van der Waals surface area (Å²) in [5, 5.41) is 9.03. The van der Waals surface area contributed by atoms with E-state index in [1.807, 2.05) is 30.3 Å². The van der Waals surface area contributed by atoms with E-state index in [9.17, 15) is 9.18 Å². The summed E-state index contributed by atoms with van der Waals surface area (Å²) in [7, 11) is 0. The van der Waals surface area contributed by atoms with Crippen molar-refractivity contribution in [1.29, 1.82) is 0 Å². The Morgan fingerprint density at radius 2 is 2.06 bits per heavy atom. The fourth-order valence-corrected chi connectivity index (χ4v) is 2.44. The minimum absolute atomic E-state index is 0.161. The van der Waals surface area contributed by atoms with Crippen LogP contribution in [0, 0.1) is 5.95 Å². The molecule has 0 aliphatic rings. The molecule has 2 rings (SSSR count). The Kier molecular flexibility index (Phi) is 3.47. The molecule has 0 amide bonds. The van der Waals surface area contributed by atoms with Crippen LogP contribution in [0.4, 0.5) is 4.39 Å². The van der Waals surface area contributed by atoms with E-state index in [4.69, 9.17) is 5.11 Å². The lowest BCUT2D eigenvalue weighted by molar-refractivity contribution is 0.0678. The van der Waals surface area contributed by atoms with E-state index < -0.39 is 17.6 Å². The van der Waals surface area contributed by atoms with Gasteiger partial charge in [-0.2, -0.15) is 9.37 Å². The third-order valence-electron chi connectivity index (χ3n) is 2.70. The quantitative estimate of drug-likeness (QED) is 0.947. The van der Waals surface area contributed by atoms with Gasteiger partial charge >= 0.3 is 5.97 Å². The lowest BCUT2D eigenvalue weighted by Crippen LogP contribution is -2.15. The Morgan fingerprint density at radius 3 is 2.61 bits per heavy atom. The van der Waals surface area contributed by atoms with Crippen LogP contribution in [-0.2, 0) is 0 Å². The number of carboxylic acids is 1. The van der Waals surface area contributed by atoms with Gasteiger partial charge in [-0.3, -0.25) is 0 Å². The van der Waals surface area contributed by atoms with Crippen LogP contribution in [0.15, 0.2) is 35.1 Å². The second-order valence-electron chi connectivity index (χ2n) is 3.78. The standard InChI is InChI=1S/C12H10BrFN2O2/c1-7(8-5-3-2-4-6-8)16-9(11(17)18)10(14)15-12(16)13/h2-7H,1H3,(H,17,18)/t7-/m1/s1. The number of nitrogens with zero attached hydrogens (tertiary/aromatic N) is 2. The van der Waals surface area contributed by atoms with Crippen molar-refractivity contribution in [1.82, 2.24) is 9.55 Å². The van der Waals surface area contributed by atoms with E-state index in [-0.39, 0.29) is 10.8 Å².